The molecule has 0 N–H and O–H groups in total. The minimum Gasteiger partial charge on any atom is -0.368 e. The van der Waals surface area contributed by atoms with Gasteiger partial charge in [0.15, 0.2) is 5.78 Å². The molecule has 0 spiro atoms. The SMILES string of the molecule is CN1CCN(c2ccc(Br)cc2C=CC(=O)c2ccccc2N2CCN(C)CC2)CC1. The summed E-state index contributed by atoms with van der Waals surface area (Å²) in [5, 5.41) is 0. The number of hydrogen-bond acceptors (Lipinski definition) is 5. The van der Waals surface area contributed by atoms with Crippen molar-refractivity contribution in [1.82, 2.24) is 9.80 Å². The van der Waals surface area contributed by atoms with Gasteiger partial charge in [-0.2, -0.15) is 0 Å². The molecule has 2 aromatic rings. The average molecular weight is 483 g/mol. The highest BCUT2D eigenvalue weighted by molar-refractivity contribution is 9.10. The van der Waals surface area contributed by atoms with Gasteiger partial charge in [0.1, 0.15) is 0 Å². The molecule has 0 bridgehead atoms. The lowest BCUT2D eigenvalue weighted by Crippen LogP contribution is -2.45. The number of piperazine rings is 2. The molecule has 164 valence electrons. The molecule has 0 unspecified atom stereocenters. The van der Waals surface area contributed by atoms with Crippen LogP contribution in [0.5, 0.6) is 0 Å². The molecule has 0 saturated carbocycles. The van der Waals surface area contributed by atoms with Gasteiger partial charge in [0.25, 0.3) is 0 Å². The number of nitrogens with zero attached hydrogens (tertiary/aromatic N) is 4. The first-order valence-corrected chi connectivity index (χ1v) is 11.8. The molecule has 2 fully saturated rings. The number of para-hydroxylation sites is 1. The molecular formula is C25H31BrN4O. The zero-order valence-corrected chi connectivity index (χ0v) is 20.0. The van der Waals surface area contributed by atoms with Crippen LogP contribution >= 0.6 is 15.9 Å². The standard InChI is InChI=1S/C25H31BrN4O/c1-27-11-15-29(16-12-27)23-9-8-21(26)19-20(23)7-10-25(31)22-5-3-4-6-24(22)30-17-13-28(2)14-18-30/h3-10,19H,11-18H2,1-2H3. The largest absolute Gasteiger partial charge is 0.368 e. The first-order valence-electron chi connectivity index (χ1n) is 11.0. The first kappa shape index (κ1) is 22.1. The number of ketones is 1. The van der Waals surface area contributed by atoms with Crippen molar-refractivity contribution in [1.29, 1.82) is 0 Å². The summed E-state index contributed by atoms with van der Waals surface area (Å²) in [6.45, 7) is 8.04. The molecule has 2 aliphatic rings. The smallest absolute Gasteiger partial charge is 0.187 e. The van der Waals surface area contributed by atoms with Crippen LogP contribution in [0.2, 0.25) is 0 Å². The first-order chi connectivity index (χ1) is 15.0. The Morgan fingerprint density at radius 3 is 2.03 bits per heavy atom. The Balaban J connectivity index is 1.56. The Bertz CT molecular complexity index is 944. The van der Waals surface area contributed by atoms with Gasteiger partial charge in [0.05, 0.1) is 0 Å². The topological polar surface area (TPSA) is 30.0 Å². The number of rotatable bonds is 5. The summed E-state index contributed by atoms with van der Waals surface area (Å²) in [4.78, 5) is 22.6. The van der Waals surface area contributed by atoms with Crippen molar-refractivity contribution in [3.63, 3.8) is 0 Å². The maximum Gasteiger partial charge on any atom is 0.187 e. The number of benzene rings is 2. The van der Waals surface area contributed by atoms with Crippen molar-refractivity contribution >= 4 is 39.2 Å². The van der Waals surface area contributed by atoms with E-state index in [1.807, 2.05) is 24.3 Å². The van der Waals surface area contributed by atoms with Crippen molar-refractivity contribution in [3.8, 4) is 0 Å². The third-order valence-electron chi connectivity index (χ3n) is 6.26. The highest BCUT2D eigenvalue weighted by atomic mass is 79.9. The summed E-state index contributed by atoms with van der Waals surface area (Å²) >= 11 is 3.59. The third-order valence-corrected chi connectivity index (χ3v) is 6.75. The van der Waals surface area contributed by atoms with Crippen LogP contribution in [0, 0.1) is 0 Å². The fraction of sp³-hybridized carbons (Fsp3) is 0.400. The second-order valence-electron chi connectivity index (χ2n) is 8.50. The van der Waals surface area contributed by atoms with Gasteiger partial charge >= 0.3 is 0 Å². The van der Waals surface area contributed by atoms with Crippen LogP contribution in [0.4, 0.5) is 11.4 Å². The molecule has 6 heteroatoms. The van der Waals surface area contributed by atoms with Crippen molar-refractivity contribution in [2.45, 2.75) is 0 Å². The predicted octanol–water partition coefficient (Wildman–Crippen LogP) is 3.85. The third kappa shape index (κ3) is 5.37. The average Bonchev–Trinajstić information content (AvgIpc) is 2.79. The van der Waals surface area contributed by atoms with Crippen molar-refractivity contribution in [2.24, 2.45) is 0 Å². The van der Waals surface area contributed by atoms with Crippen molar-refractivity contribution in [3.05, 3.63) is 64.1 Å². The molecule has 2 saturated heterocycles. The molecule has 0 atom stereocenters. The van der Waals surface area contributed by atoms with Crippen LogP contribution in [0.15, 0.2) is 53.0 Å². The Kier molecular flexibility index (Phi) is 7.10. The lowest BCUT2D eigenvalue weighted by molar-refractivity contribution is 0.104. The molecule has 2 aromatic carbocycles. The van der Waals surface area contributed by atoms with Crippen LogP contribution in [0.3, 0.4) is 0 Å². The highest BCUT2D eigenvalue weighted by Crippen LogP contribution is 2.28. The molecule has 0 aromatic heterocycles. The Morgan fingerprint density at radius 2 is 1.39 bits per heavy atom. The van der Waals surface area contributed by atoms with E-state index >= 15 is 0 Å². The van der Waals surface area contributed by atoms with E-state index in [1.54, 1.807) is 6.08 Å². The molecule has 0 radical (unpaired) electrons. The van der Waals surface area contributed by atoms with E-state index < -0.39 is 0 Å². The summed E-state index contributed by atoms with van der Waals surface area (Å²) in [6.07, 6.45) is 3.71. The summed E-state index contributed by atoms with van der Waals surface area (Å²) in [5.74, 6) is 0.0545. The van der Waals surface area contributed by atoms with Gasteiger partial charge in [-0.15, -0.1) is 0 Å². The van der Waals surface area contributed by atoms with E-state index in [2.05, 4.69) is 73.9 Å². The quantitative estimate of drug-likeness (QED) is 0.476. The number of hydrogen-bond donors (Lipinski definition) is 0. The second-order valence-corrected chi connectivity index (χ2v) is 9.41. The summed E-state index contributed by atoms with van der Waals surface area (Å²) in [7, 11) is 4.31. The second kappa shape index (κ2) is 9.98. The van der Waals surface area contributed by atoms with Crippen LogP contribution in [-0.4, -0.2) is 82.0 Å². The van der Waals surface area contributed by atoms with E-state index in [-0.39, 0.29) is 5.78 Å². The Hall–Kier alpha value is -2.15. The van der Waals surface area contributed by atoms with Gasteiger partial charge in [0, 0.05) is 73.8 Å². The zero-order chi connectivity index (χ0) is 21.8. The highest BCUT2D eigenvalue weighted by Gasteiger charge is 2.20. The molecule has 5 nitrogen and oxygen atoms in total. The van der Waals surface area contributed by atoms with E-state index in [0.29, 0.717) is 0 Å². The zero-order valence-electron chi connectivity index (χ0n) is 18.4. The summed E-state index contributed by atoms with van der Waals surface area (Å²) in [5.41, 5.74) is 4.08. The maximum absolute atomic E-state index is 13.2. The number of halogens is 1. The van der Waals surface area contributed by atoms with Gasteiger partial charge in [-0.05, 0) is 62.1 Å². The van der Waals surface area contributed by atoms with E-state index in [4.69, 9.17) is 0 Å². The van der Waals surface area contributed by atoms with Gasteiger partial charge in [0.2, 0.25) is 0 Å². The summed E-state index contributed by atoms with van der Waals surface area (Å²) in [6, 6.07) is 14.3. The minimum absolute atomic E-state index is 0.0545. The fourth-order valence-corrected chi connectivity index (χ4v) is 4.63. The van der Waals surface area contributed by atoms with Gasteiger partial charge in [-0.1, -0.05) is 28.1 Å². The van der Waals surface area contributed by atoms with E-state index in [9.17, 15) is 4.79 Å². The minimum atomic E-state index is 0.0545. The molecule has 31 heavy (non-hydrogen) atoms. The monoisotopic (exact) mass is 482 g/mol. The van der Waals surface area contributed by atoms with Gasteiger partial charge < -0.3 is 19.6 Å². The molecule has 2 heterocycles. The summed E-state index contributed by atoms with van der Waals surface area (Å²) < 4.78 is 1.02. The normalized spacial score (nSPS) is 18.7. The van der Waals surface area contributed by atoms with E-state index in [0.717, 1.165) is 73.6 Å². The number of anilines is 2. The van der Waals surface area contributed by atoms with E-state index in [1.165, 1.54) is 5.69 Å². The predicted molar refractivity (Wildman–Crippen MR) is 133 cm³/mol. The van der Waals surface area contributed by atoms with Crippen LogP contribution in [-0.2, 0) is 0 Å². The Morgan fingerprint density at radius 1 is 0.806 bits per heavy atom. The van der Waals surface area contributed by atoms with Gasteiger partial charge in [-0.3, -0.25) is 4.79 Å². The number of likely N-dealkylation sites (N-methyl/N-ethyl adjacent to an activating group) is 2. The number of carbonyl (C=O) groups is 1. The molecular weight excluding hydrogens is 452 g/mol. The van der Waals surface area contributed by atoms with Crippen LogP contribution in [0.25, 0.3) is 6.08 Å². The van der Waals surface area contributed by atoms with Crippen molar-refractivity contribution < 1.29 is 4.79 Å². The molecule has 0 aliphatic carbocycles. The van der Waals surface area contributed by atoms with Crippen molar-refractivity contribution in [2.75, 3.05) is 76.3 Å². The van der Waals surface area contributed by atoms with Crippen LogP contribution < -0.4 is 9.80 Å². The lowest BCUT2D eigenvalue weighted by Gasteiger charge is -2.35. The van der Waals surface area contributed by atoms with Crippen LogP contribution in [0.1, 0.15) is 15.9 Å². The Labute approximate surface area is 194 Å². The number of carbonyl (C=O) groups excluding carboxylic acids is 1. The lowest BCUT2D eigenvalue weighted by atomic mass is 10.0. The number of allylic oxidation sites excluding steroid dienone is 1. The van der Waals surface area contributed by atoms with Gasteiger partial charge in [-0.25, -0.2) is 0 Å². The maximum atomic E-state index is 13.2. The molecule has 2 aliphatic heterocycles. The molecule has 4 rings (SSSR count). The fourth-order valence-electron chi connectivity index (χ4n) is 4.25. The molecule has 0 amide bonds.